The summed E-state index contributed by atoms with van der Waals surface area (Å²) >= 11 is 0. The van der Waals surface area contributed by atoms with Crippen LogP contribution in [0.1, 0.15) is 31.4 Å². The lowest BCUT2D eigenvalue weighted by Crippen LogP contribution is -2.12. The van der Waals surface area contributed by atoms with Gasteiger partial charge in [-0.2, -0.15) is 0 Å². The van der Waals surface area contributed by atoms with Crippen LogP contribution in [0.15, 0.2) is 30.6 Å². The fourth-order valence-corrected chi connectivity index (χ4v) is 1.24. The normalized spacial score (nSPS) is 12.5. The van der Waals surface area contributed by atoms with Gasteiger partial charge in [-0.25, -0.2) is 4.39 Å². The minimum Gasteiger partial charge on any atom is -0.324 e. The highest BCUT2D eigenvalue weighted by atomic mass is 19.1. The Hall–Kier alpha value is -1.22. The van der Waals surface area contributed by atoms with Crippen molar-refractivity contribution in [1.82, 2.24) is 4.98 Å². The molecule has 0 aliphatic heterocycles. The van der Waals surface area contributed by atoms with Crippen LogP contribution in [0.4, 0.5) is 4.39 Å². The van der Waals surface area contributed by atoms with E-state index in [1.54, 1.807) is 12.3 Å². The van der Waals surface area contributed by atoms with Crippen LogP contribution in [-0.2, 0) is 0 Å². The minimum atomic E-state index is -0.332. The van der Waals surface area contributed by atoms with Gasteiger partial charge in [0, 0.05) is 17.8 Å². The number of rotatable bonds is 4. The van der Waals surface area contributed by atoms with E-state index in [0.29, 0.717) is 5.56 Å². The summed E-state index contributed by atoms with van der Waals surface area (Å²) < 4.78 is 13.2. The molecular weight excluding hydrogens is 179 g/mol. The molecule has 1 heterocycles. The number of allylic oxidation sites excluding steroid dienone is 1. The number of halogens is 1. The molecule has 0 fully saturated rings. The van der Waals surface area contributed by atoms with E-state index >= 15 is 0 Å². The van der Waals surface area contributed by atoms with Gasteiger partial charge in [-0.1, -0.05) is 5.57 Å². The van der Waals surface area contributed by atoms with E-state index in [-0.39, 0.29) is 11.9 Å². The van der Waals surface area contributed by atoms with Gasteiger partial charge in [0.1, 0.15) is 5.82 Å². The largest absolute Gasteiger partial charge is 0.324 e. The first kappa shape index (κ1) is 10.9. The lowest BCUT2D eigenvalue weighted by atomic mass is 10.0. The maximum atomic E-state index is 13.2. The van der Waals surface area contributed by atoms with E-state index < -0.39 is 0 Å². The molecule has 1 aromatic rings. The summed E-state index contributed by atoms with van der Waals surface area (Å²) in [6, 6.07) is 1.35. The van der Waals surface area contributed by atoms with Crippen LogP contribution in [0, 0.1) is 5.82 Å². The third kappa shape index (κ3) is 2.92. The molecule has 2 N–H and O–H groups in total. The van der Waals surface area contributed by atoms with E-state index in [1.165, 1.54) is 6.20 Å². The zero-order valence-corrected chi connectivity index (χ0v) is 8.33. The average molecular weight is 194 g/mol. The number of nitrogens with zero attached hydrogens (tertiary/aromatic N) is 1. The number of nitrogens with two attached hydrogens (primary N) is 1. The first-order valence-electron chi connectivity index (χ1n) is 4.60. The summed E-state index contributed by atoms with van der Waals surface area (Å²) in [6.07, 6.45) is 4.29. The fourth-order valence-electron chi connectivity index (χ4n) is 1.24. The summed E-state index contributed by atoms with van der Waals surface area (Å²) in [4.78, 5) is 3.67. The SMILES string of the molecule is C=C(C)CCC(N)c1ccncc1F. The Morgan fingerprint density at radius 3 is 3.00 bits per heavy atom. The van der Waals surface area contributed by atoms with Gasteiger partial charge in [0.05, 0.1) is 6.20 Å². The maximum absolute atomic E-state index is 13.2. The topological polar surface area (TPSA) is 38.9 Å². The predicted octanol–water partition coefficient (Wildman–Crippen LogP) is 2.58. The summed E-state index contributed by atoms with van der Waals surface area (Å²) in [6.45, 7) is 5.72. The zero-order chi connectivity index (χ0) is 10.6. The number of hydrogen-bond donors (Lipinski definition) is 1. The summed E-state index contributed by atoms with van der Waals surface area (Å²) in [7, 11) is 0. The molecule has 3 heteroatoms. The Morgan fingerprint density at radius 2 is 2.43 bits per heavy atom. The molecule has 0 radical (unpaired) electrons. The summed E-state index contributed by atoms with van der Waals surface area (Å²) in [5.41, 5.74) is 7.43. The third-order valence-corrected chi connectivity index (χ3v) is 2.09. The van der Waals surface area contributed by atoms with Crippen molar-refractivity contribution in [2.45, 2.75) is 25.8 Å². The molecule has 14 heavy (non-hydrogen) atoms. The standard InChI is InChI=1S/C11H15FN2/c1-8(2)3-4-11(13)9-5-6-14-7-10(9)12/h5-7,11H,1,3-4,13H2,2H3. The molecule has 1 rings (SSSR count). The first-order chi connectivity index (χ1) is 6.61. The molecule has 1 aromatic heterocycles. The highest BCUT2D eigenvalue weighted by Crippen LogP contribution is 2.19. The zero-order valence-electron chi connectivity index (χ0n) is 8.33. The molecule has 0 saturated carbocycles. The van der Waals surface area contributed by atoms with Crippen molar-refractivity contribution >= 4 is 0 Å². The fraction of sp³-hybridized carbons (Fsp3) is 0.364. The van der Waals surface area contributed by atoms with Crippen molar-refractivity contribution in [2.24, 2.45) is 5.73 Å². The Balaban J connectivity index is 2.65. The van der Waals surface area contributed by atoms with Crippen molar-refractivity contribution in [3.05, 3.63) is 42.0 Å². The van der Waals surface area contributed by atoms with Crippen LogP contribution in [0.3, 0.4) is 0 Å². The quantitative estimate of drug-likeness (QED) is 0.748. The highest BCUT2D eigenvalue weighted by Gasteiger charge is 2.10. The van der Waals surface area contributed by atoms with Crippen LogP contribution < -0.4 is 5.73 Å². The molecule has 2 nitrogen and oxygen atoms in total. The highest BCUT2D eigenvalue weighted by molar-refractivity contribution is 5.17. The van der Waals surface area contributed by atoms with Crippen molar-refractivity contribution in [3.8, 4) is 0 Å². The third-order valence-electron chi connectivity index (χ3n) is 2.09. The van der Waals surface area contributed by atoms with Gasteiger partial charge < -0.3 is 5.73 Å². The van der Waals surface area contributed by atoms with Crippen molar-refractivity contribution in [2.75, 3.05) is 0 Å². The smallest absolute Gasteiger partial charge is 0.146 e. The Labute approximate surface area is 83.7 Å². The lowest BCUT2D eigenvalue weighted by molar-refractivity contribution is 0.558. The molecule has 0 aromatic carbocycles. The summed E-state index contributed by atoms with van der Waals surface area (Å²) in [5, 5.41) is 0. The molecule has 0 aliphatic rings. The van der Waals surface area contributed by atoms with Gasteiger partial charge in [0.2, 0.25) is 0 Å². The number of aromatic nitrogens is 1. The van der Waals surface area contributed by atoms with Gasteiger partial charge in [-0.3, -0.25) is 4.98 Å². The monoisotopic (exact) mass is 194 g/mol. The molecule has 0 aliphatic carbocycles. The Morgan fingerprint density at radius 1 is 1.71 bits per heavy atom. The number of pyridine rings is 1. The van der Waals surface area contributed by atoms with Crippen LogP contribution in [0.25, 0.3) is 0 Å². The van der Waals surface area contributed by atoms with Gasteiger partial charge in [0.15, 0.2) is 0 Å². The molecule has 1 atom stereocenters. The van der Waals surface area contributed by atoms with Gasteiger partial charge >= 0.3 is 0 Å². The van der Waals surface area contributed by atoms with E-state index in [0.717, 1.165) is 18.4 Å². The minimum absolute atomic E-state index is 0.269. The van der Waals surface area contributed by atoms with Crippen LogP contribution in [0.5, 0.6) is 0 Å². The van der Waals surface area contributed by atoms with Crippen LogP contribution in [-0.4, -0.2) is 4.98 Å². The van der Waals surface area contributed by atoms with Gasteiger partial charge in [0.25, 0.3) is 0 Å². The van der Waals surface area contributed by atoms with E-state index in [2.05, 4.69) is 11.6 Å². The molecular formula is C11H15FN2. The molecule has 0 amide bonds. The van der Waals surface area contributed by atoms with E-state index in [1.807, 2.05) is 6.92 Å². The molecule has 76 valence electrons. The molecule has 0 saturated heterocycles. The molecule has 0 spiro atoms. The Bertz CT molecular complexity index is 323. The average Bonchev–Trinajstić information content (AvgIpc) is 2.15. The first-order valence-corrected chi connectivity index (χ1v) is 4.60. The maximum Gasteiger partial charge on any atom is 0.146 e. The van der Waals surface area contributed by atoms with E-state index in [9.17, 15) is 4.39 Å². The van der Waals surface area contributed by atoms with Gasteiger partial charge in [-0.15, -0.1) is 6.58 Å². The van der Waals surface area contributed by atoms with Crippen molar-refractivity contribution in [3.63, 3.8) is 0 Å². The van der Waals surface area contributed by atoms with Crippen LogP contribution >= 0.6 is 0 Å². The second kappa shape index (κ2) is 4.86. The summed E-state index contributed by atoms with van der Waals surface area (Å²) in [5.74, 6) is -0.332. The van der Waals surface area contributed by atoms with Gasteiger partial charge in [-0.05, 0) is 25.8 Å². The second-order valence-electron chi connectivity index (χ2n) is 3.50. The Kier molecular flexibility index (Phi) is 3.77. The van der Waals surface area contributed by atoms with Crippen LogP contribution in [0.2, 0.25) is 0 Å². The van der Waals surface area contributed by atoms with E-state index in [4.69, 9.17) is 5.73 Å². The number of hydrogen-bond acceptors (Lipinski definition) is 2. The lowest BCUT2D eigenvalue weighted by Gasteiger charge is -2.12. The van der Waals surface area contributed by atoms with Crippen molar-refractivity contribution < 1.29 is 4.39 Å². The predicted molar refractivity (Wildman–Crippen MR) is 55.2 cm³/mol. The molecule has 0 bridgehead atoms. The second-order valence-corrected chi connectivity index (χ2v) is 3.50. The van der Waals surface area contributed by atoms with Crippen molar-refractivity contribution in [1.29, 1.82) is 0 Å². The molecule has 1 unspecified atom stereocenters.